The van der Waals surface area contributed by atoms with Gasteiger partial charge >= 0.3 is 0 Å². The second-order valence-corrected chi connectivity index (χ2v) is 9.98. The van der Waals surface area contributed by atoms with Crippen molar-refractivity contribution < 1.29 is 4.79 Å². The first-order valence-corrected chi connectivity index (χ1v) is 13.2. The summed E-state index contributed by atoms with van der Waals surface area (Å²) in [5, 5.41) is 2.78. The number of carbonyl (C=O) groups excluding carboxylic acids is 1. The molecule has 2 N–H and O–H groups in total. The van der Waals surface area contributed by atoms with E-state index in [0.29, 0.717) is 17.3 Å². The number of aromatic nitrogens is 1. The van der Waals surface area contributed by atoms with Crippen molar-refractivity contribution in [2.75, 3.05) is 36.4 Å². The summed E-state index contributed by atoms with van der Waals surface area (Å²) in [6.07, 6.45) is 7.42. The van der Waals surface area contributed by atoms with Crippen molar-refractivity contribution in [2.24, 2.45) is 0 Å². The molecule has 2 fully saturated rings. The van der Waals surface area contributed by atoms with Gasteiger partial charge in [-0.3, -0.25) is 9.59 Å². The van der Waals surface area contributed by atoms with E-state index in [2.05, 4.69) is 24.9 Å². The minimum Gasteiger partial charge on any atom is -0.367 e. The van der Waals surface area contributed by atoms with Gasteiger partial charge in [0.1, 0.15) is 5.69 Å². The quantitative estimate of drug-likeness (QED) is 0.426. The van der Waals surface area contributed by atoms with Gasteiger partial charge in [-0.25, -0.2) is 4.85 Å². The van der Waals surface area contributed by atoms with E-state index in [4.69, 9.17) is 6.57 Å². The smallest absolute Gasteiger partial charge is 0.271 e. The summed E-state index contributed by atoms with van der Waals surface area (Å²) < 4.78 is 0. The predicted octanol–water partition coefficient (Wildman–Crippen LogP) is 5.47. The first-order chi connectivity index (χ1) is 18.0. The number of amides is 1. The maximum atomic E-state index is 13.0. The lowest BCUT2D eigenvalue weighted by molar-refractivity contribution is 0.102. The average Bonchev–Trinajstić information content (AvgIpc) is 3.62. The topological polar surface area (TPSA) is 72.8 Å². The van der Waals surface area contributed by atoms with Crippen LogP contribution in [0.4, 0.5) is 17.1 Å². The molecule has 2 aliphatic heterocycles. The Bertz CT molecular complexity index is 1370. The van der Waals surface area contributed by atoms with Gasteiger partial charge in [0.25, 0.3) is 11.5 Å². The number of carbonyl (C=O) groups is 1. The Morgan fingerprint density at radius 2 is 1.84 bits per heavy atom. The number of rotatable bonds is 7. The molecule has 0 radical (unpaired) electrons. The molecule has 0 bridgehead atoms. The number of nitrogens with zero attached hydrogens (tertiary/aromatic N) is 3. The fraction of sp³-hybridized carbons (Fsp3) is 0.367. The van der Waals surface area contributed by atoms with Gasteiger partial charge in [0.2, 0.25) is 0 Å². The minimum absolute atomic E-state index is 0.183. The molecule has 3 heterocycles. The van der Waals surface area contributed by atoms with Gasteiger partial charge in [0, 0.05) is 36.6 Å². The highest BCUT2D eigenvalue weighted by Crippen LogP contribution is 2.29. The molecular weight excluding hydrogens is 462 g/mol. The van der Waals surface area contributed by atoms with E-state index in [-0.39, 0.29) is 17.2 Å². The van der Waals surface area contributed by atoms with Crippen LogP contribution in [-0.2, 0) is 6.42 Å². The third kappa shape index (κ3) is 5.60. The predicted molar refractivity (Wildman–Crippen MR) is 149 cm³/mol. The summed E-state index contributed by atoms with van der Waals surface area (Å²) in [5.74, 6) is -0.326. The van der Waals surface area contributed by atoms with Gasteiger partial charge in [-0.1, -0.05) is 24.6 Å². The summed E-state index contributed by atoms with van der Waals surface area (Å²) in [4.78, 5) is 36.8. The van der Waals surface area contributed by atoms with Crippen LogP contribution >= 0.6 is 0 Å². The number of pyridine rings is 1. The third-order valence-corrected chi connectivity index (χ3v) is 7.51. The molecule has 1 atom stereocenters. The Morgan fingerprint density at radius 3 is 2.57 bits per heavy atom. The van der Waals surface area contributed by atoms with Gasteiger partial charge in [-0.2, -0.15) is 0 Å². The van der Waals surface area contributed by atoms with Gasteiger partial charge in [0.05, 0.1) is 6.57 Å². The van der Waals surface area contributed by atoms with Crippen molar-refractivity contribution >= 4 is 23.0 Å². The molecule has 1 amide bonds. The lowest BCUT2D eigenvalue weighted by Crippen LogP contribution is -2.39. The van der Waals surface area contributed by atoms with Crippen molar-refractivity contribution in [3.63, 3.8) is 0 Å². The second kappa shape index (κ2) is 11.0. The molecule has 0 aliphatic carbocycles. The maximum absolute atomic E-state index is 13.0. The second-order valence-electron chi connectivity index (χ2n) is 9.98. The lowest BCUT2D eigenvalue weighted by atomic mass is 10.0. The maximum Gasteiger partial charge on any atom is 0.271 e. The van der Waals surface area contributed by atoms with Gasteiger partial charge in [-0.05, 0) is 92.7 Å². The molecule has 37 heavy (non-hydrogen) atoms. The van der Waals surface area contributed by atoms with E-state index in [1.807, 2.05) is 43.3 Å². The molecule has 7 nitrogen and oxygen atoms in total. The Labute approximate surface area is 217 Å². The molecule has 2 aromatic carbocycles. The zero-order valence-corrected chi connectivity index (χ0v) is 21.3. The van der Waals surface area contributed by atoms with Crippen LogP contribution in [0.25, 0.3) is 16.0 Å². The van der Waals surface area contributed by atoms with Crippen molar-refractivity contribution in [3.05, 3.63) is 87.6 Å². The first kappa shape index (κ1) is 24.8. The number of H-pyrrole nitrogens is 1. The summed E-state index contributed by atoms with van der Waals surface area (Å²) in [6.45, 7) is 14.0. The Balaban J connectivity index is 1.30. The van der Waals surface area contributed by atoms with E-state index in [1.54, 1.807) is 18.3 Å². The summed E-state index contributed by atoms with van der Waals surface area (Å²) in [7, 11) is 0. The SMILES string of the molecule is [C-]#[N+]c1cc(CC)cc(-c2c[nH]c(=O)c(NC(=O)c3ccc(N4CCC[C@H]4CN4CCCC4)cc3)c2)c1. The number of likely N-dealkylation sites (tertiary alicyclic amines) is 1. The van der Waals surface area contributed by atoms with Gasteiger partial charge in [-0.15, -0.1) is 0 Å². The number of aryl methyl sites for hydroxylation is 1. The van der Waals surface area contributed by atoms with Crippen molar-refractivity contribution in [2.45, 2.75) is 45.1 Å². The van der Waals surface area contributed by atoms with Crippen LogP contribution in [-0.4, -0.2) is 48.0 Å². The van der Waals surface area contributed by atoms with E-state index in [0.717, 1.165) is 41.9 Å². The van der Waals surface area contributed by atoms with Crippen LogP contribution < -0.4 is 15.8 Å². The van der Waals surface area contributed by atoms with E-state index < -0.39 is 0 Å². The summed E-state index contributed by atoms with van der Waals surface area (Å²) in [6, 6.07) is 15.5. The third-order valence-electron chi connectivity index (χ3n) is 7.51. The van der Waals surface area contributed by atoms with Crippen LogP contribution in [0.2, 0.25) is 0 Å². The molecule has 0 saturated carbocycles. The fourth-order valence-electron chi connectivity index (χ4n) is 5.48. The first-order valence-electron chi connectivity index (χ1n) is 13.2. The molecule has 190 valence electrons. The van der Waals surface area contributed by atoms with Crippen molar-refractivity contribution in [3.8, 4) is 11.1 Å². The largest absolute Gasteiger partial charge is 0.367 e. The zero-order chi connectivity index (χ0) is 25.8. The normalized spacial score (nSPS) is 17.6. The van der Waals surface area contributed by atoms with E-state index in [9.17, 15) is 9.59 Å². The molecule has 2 saturated heterocycles. The summed E-state index contributed by atoms with van der Waals surface area (Å²) >= 11 is 0. The number of anilines is 2. The van der Waals surface area contributed by atoms with Crippen LogP contribution in [0.3, 0.4) is 0 Å². The van der Waals surface area contributed by atoms with Gasteiger partial charge < -0.3 is 20.1 Å². The fourth-order valence-corrected chi connectivity index (χ4v) is 5.48. The van der Waals surface area contributed by atoms with E-state index >= 15 is 0 Å². The van der Waals surface area contributed by atoms with Gasteiger partial charge in [0.15, 0.2) is 5.69 Å². The highest BCUT2D eigenvalue weighted by atomic mass is 16.2. The van der Waals surface area contributed by atoms with E-state index in [1.165, 1.54) is 38.8 Å². The lowest BCUT2D eigenvalue weighted by Gasteiger charge is -2.30. The Morgan fingerprint density at radius 1 is 1.05 bits per heavy atom. The molecule has 1 aromatic heterocycles. The zero-order valence-electron chi connectivity index (χ0n) is 21.3. The van der Waals surface area contributed by atoms with Crippen LogP contribution in [0.15, 0.2) is 59.5 Å². The average molecular weight is 496 g/mol. The number of aromatic amines is 1. The molecular formula is C30H33N5O2. The number of hydrogen-bond acceptors (Lipinski definition) is 4. The van der Waals surface area contributed by atoms with Crippen LogP contribution in [0.5, 0.6) is 0 Å². The van der Waals surface area contributed by atoms with Crippen LogP contribution in [0.1, 0.15) is 48.5 Å². The highest BCUT2D eigenvalue weighted by molar-refractivity contribution is 6.04. The Hall–Kier alpha value is -3.89. The number of nitrogens with one attached hydrogen (secondary N) is 2. The summed E-state index contributed by atoms with van der Waals surface area (Å²) in [5.41, 5.74) is 4.62. The number of hydrogen-bond donors (Lipinski definition) is 2. The monoisotopic (exact) mass is 495 g/mol. The minimum atomic E-state index is -0.368. The molecule has 5 rings (SSSR count). The number of benzene rings is 2. The molecule has 0 spiro atoms. The molecule has 7 heteroatoms. The van der Waals surface area contributed by atoms with Crippen molar-refractivity contribution in [1.82, 2.24) is 9.88 Å². The molecule has 0 unspecified atom stereocenters. The Kier molecular flexibility index (Phi) is 7.38. The van der Waals surface area contributed by atoms with Crippen LogP contribution in [0, 0.1) is 6.57 Å². The molecule has 3 aromatic rings. The van der Waals surface area contributed by atoms with Crippen molar-refractivity contribution in [1.29, 1.82) is 0 Å². The highest BCUT2D eigenvalue weighted by Gasteiger charge is 2.27. The molecule has 2 aliphatic rings. The standard InChI is InChI=1S/C30H33N5O2/c1-3-21-15-23(17-25(16-21)31-2)24-18-28(30(37)32-19-24)33-29(36)22-8-10-26(11-9-22)35-14-6-7-27(35)20-34-12-4-5-13-34/h8-11,15-19,27H,3-7,12-14,20H2,1H3,(H,32,37)(H,33,36)/t27-/m0/s1.